The Balaban J connectivity index is 2.23. The molecule has 2 N–H and O–H groups in total. The minimum atomic E-state index is 0.488. The van der Waals surface area contributed by atoms with Crippen LogP contribution in [0.4, 0.5) is 5.69 Å². The minimum absolute atomic E-state index is 0.488. The lowest BCUT2D eigenvalue weighted by molar-refractivity contribution is 0.325. The molecule has 0 radical (unpaired) electrons. The van der Waals surface area contributed by atoms with E-state index in [-0.39, 0.29) is 0 Å². The fraction of sp³-hybridized carbons (Fsp3) is 0.625. The third-order valence-corrected chi connectivity index (χ3v) is 4.14. The molecule has 0 spiro atoms. The molecule has 1 fully saturated rings. The quantitative estimate of drug-likeness (QED) is 0.865. The lowest BCUT2D eigenvalue weighted by Gasteiger charge is -2.27. The molecule has 0 unspecified atom stereocenters. The van der Waals surface area contributed by atoms with Crippen LogP contribution in [0.25, 0.3) is 0 Å². The summed E-state index contributed by atoms with van der Waals surface area (Å²) in [5, 5.41) is 0. The minimum Gasteiger partial charge on any atom is -0.371 e. The van der Waals surface area contributed by atoms with Gasteiger partial charge >= 0.3 is 0 Å². The van der Waals surface area contributed by atoms with Crippen molar-refractivity contribution >= 4 is 5.69 Å². The summed E-state index contributed by atoms with van der Waals surface area (Å²) in [5.74, 6) is 0. The Kier molecular flexibility index (Phi) is 3.96. The number of hydrogen-bond donors (Lipinski definition) is 1. The maximum absolute atomic E-state index is 5.87. The molecule has 0 atom stereocenters. The molecule has 0 aromatic heterocycles. The number of hydrogen-bond acceptors (Lipinski definition) is 2. The van der Waals surface area contributed by atoms with Crippen molar-refractivity contribution in [1.82, 2.24) is 0 Å². The molecular weight excluding hydrogens is 220 g/mol. The summed E-state index contributed by atoms with van der Waals surface area (Å²) in [5.41, 5.74) is 10.3. The lowest BCUT2D eigenvalue weighted by atomic mass is 9.85. The summed E-state index contributed by atoms with van der Waals surface area (Å²) in [7, 11) is 0. The third kappa shape index (κ3) is 3.05. The zero-order chi connectivity index (χ0) is 13.2. The second-order valence-electron chi connectivity index (χ2n) is 6.34. The number of nitrogens with two attached hydrogens (primary N) is 1. The maximum Gasteiger partial charge on any atom is 0.0414 e. The molecule has 1 aromatic carbocycles. The largest absolute Gasteiger partial charge is 0.371 e. The summed E-state index contributed by atoms with van der Waals surface area (Å²) in [6.07, 6.45) is 3.88. The Labute approximate surface area is 111 Å². The van der Waals surface area contributed by atoms with E-state index in [1.54, 1.807) is 0 Å². The van der Waals surface area contributed by atoms with E-state index in [0.717, 1.165) is 6.54 Å². The van der Waals surface area contributed by atoms with Crippen molar-refractivity contribution in [2.24, 2.45) is 11.1 Å². The Morgan fingerprint density at radius 2 is 2.00 bits per heavy atom. The van der Waals surface area contributed by atoms with Gasteiger partial charge in [0, 0.05) is 25.3 Å². The number of benzene rings is 1. The van der Waals surface area contributed by atoms with E-state index in [1.807, 2.05) is 0 Å². The van der Waals surface area contributed by atoms with Gasteiger partial charge in [0.05, 0.1) is 0 Å². The van der Waals surface area contributed by atoms with Gasteiger partial charge in [0.1, 0.15) is 0 Å². The van der Waals surface area contributed by atoms with Crippen LogP contribution in [0.15, 0.2) is 18.2 Å². The van der Waals surface area contributed by atoms with Gasteiger partial charge < -0.3 is 10.6 Å². The molecule has 1 aliphatic heterocycles. The van der Waals surface area contributed by atoms with Crippen LogP contribution in [0.5, 0.6) is 0 Å². The van der Waals surface area contributed by atoms with Crippen LogP contribution in [0.1, 0.15) is 44.2 Å². The van der Waals surface area contributed by atoms with Crippen molar-refractivity contribution in [3.8, 4) is 0 Å². The third-order valence-electron chi connectivity index (χ3n) is 4.14. The monoisotopic (exact) mass is 246 g/mol. The van der Waals surface area contributed by atoms with Gasteiger partial charge in [-0.1, -0.05) is 26.0 Å². The number of aryl methyl sites for hydroxylation is 1. The Hall–Kier alpha value is -1.02. The van der Waals surface area contributed by atoms with Crippen LogP contribution in [0.2, 0.25) is 0 Å². The molecule has 2 rings (SSSR count). The molecule has 2 heteroatoms. The molecule has 0 saturated carbocycles. The van der Waals surface area contributed by atoms with Crippen LogP contribution in [-0.4, -0.2) is 13.1 Å². The van der Waals surface area contributed by atoms with E-state index in [4.69, 9.17) is 5.73 Å². The van der Waals surface area contributed by atoms with E-state index in [2.05, 4.69) is 43.9 Å². The maximum atomic E-state index is 5.87. The Morgan fingerprint density at radius 1 is 1.22 bits per heavy atom. The average Bonchev–Trinajstić information content (AvgIpc) is 2.50. The van der Waals surface area contributed by atoms with Crippen LogP contribution < -0.4 is 10.6 Å². The van der Waals surface area contributed by atoms with E-state index in [9.17, 15) is 0 Å². The predicted molar refractivity (Wildman–Crippen MR) is 78.9 cm³/mol. The van der Waals surface area contributed by atoms with Gasteiger partial charge in [-0.05, 0) is 48.8 Å². The predicted octanol–water partition coefficient (Wildman–Crippen LogP) is 3.47. The van der Waals surface area contributed by atoms with E-state index < -0.39 is 0 Å². The first-order valence-corrected chi connectivity index (χ1v) is 7.06. The summed E-state index contributed by atoms with van der Waals surface area (Å²) < 4.78 is 0. The summed E-state index contributed by atoms with van der Waals surface area (Å²) in [6.45, 7) is 9.89. The van der Waals surface area contributed by atoms with Gasteiger partial charge in [-0.15, -0.1) is 0 Å². The molecule has 2 nitrogen and oxygen atoms in total. The highest BCUT2D eigenvalue weighted by molar-refractivity contribution is 5.55. The molecule has 18 heavy (non-hydrogen) atoms. The van der Waals surface area contributed by atoms with Gasteiger partial charge in [-0.3, -0.25) is 0 Å². The normalized spacial score (nSPS) is 19.7. The lowest BCUT2D eigenvalue weighted by Crippen LogP contribution is -2.26. The smallest absolute Gasteiger partial charge is 0.0414 e. The molecule has 100 valence electrons. The van der Waals surface area contributed by atoms with Gasteiger partial charge in [0.15, 0.2) is 0 Å². The van der Waals surface area contributed by atoms with Crippen LogP contribution in [0.3, 0.4) is 0 Å². The molecule has 0 amide bonds. The topological polar surface area (TPSA) is 29.3 Å². The zero-order valence-electron chi connectivity index (χ0n) is 12.0. The Morgan fingerprint density at radius 3 is 2.72 bits per heavy atom. The van der Waals surface area contributed by atoms with Crippen molar-refractivity contribution in [3.05, 3.63) is 29.3 Å². The molecule has 1 aliphatic rings. The first-order chi connectivity index (χ1) is 8.52. The average molecular weight is 246 g/mol. The van der Waals surface area contributed by atoms with E-state index >= 15 is 0 Å². The summed E-state index contributed by atoms with van der Waals surface area (Å²) in [4.78, 5) is 2.53. The molecule has 1 heterocycles. The number of nitrogens with zero attached hydrogens (tertiary/aromatic N) is 1. The Bertz CT molecular complexity index is 410. The first kappa shape index (κ1) is 13.4. The molecular formula is C16H26N2. The van der Waals surface area contributed by atoms with Crippen molar-refractivity contribution < 1.29 is 0 Å². The highest BCUT2D eigenvalue weighted by Gasteiger charge is 2.23. The van der Waals surface area contributed by atoms with Gasteiger partial charge in [-0.2, -0.15) is 0 Å². The second-order valence-corrected chi connectivity index (χ2v) is 6.34. The standard InChI is InChI=1S/C16H26N2/c1-13-5-6-14(12-17)15(11-13)18-9-4-7-16(2,3)8-10-18/h5-6,11H,4,7-10,12,17H2,1-3H3. The van der Waals surface area contributed by atoms with Gasteiger partial charge in [-0.25, -0.2) is 0 Å². The van der Waals surface area contributed by atoms with Crippen LogP contribution in [-0.2, 0) is 6.54 Å². The van der Waals surface area contributed by atoms with E-state index in [1.165, 1.54) is 42.6 Å². The number of anilines is 1. The second kappa shape index (κ2) is 5.31. The molecule has 0 aliphatic carbocycles. The fourth-order valence-electron chi connectivity index (χ4n) is 2.80. The van der Waals surface area contributed by atoms with Crippen molar-refractivity contribution in [2.75, 3.05) is 18.0 Å². The van der Waals surface area contributed by atoms with Crippen molar-refractivity contribution in [2.45, 2.75) is 46.6 Å². The van der Waals surface area contributed by atoms with Crippen molar-refractivity contribution in [3.63, 3.8) is 0 Å². The zero-order valence-corrected chi connectivity index (χ0v) is 12.0. The number of rotatable bonds is 2. The van der Waals surface area contributed by atoms with E-state index in [0.29, 0.717) is 12.0 Å². The van der Waals surface area contributed by atoms with Gasteiger partial charge in [0.2, 0.25) is 0 Å². The SMILES string of the molecule is Cc1ccc(CN)c(N2CCCC(C)(C)CC2)c1. The summed E-state index contributed by atoms with van der Waals surface area (Å²) >= 11 is 0. The first-order valence-electron chi connectivity index (χ1n) is 7.06. The van der Waals surface area contributed by atoms with Gasteiger partial charge in [0.25, 0.3) is 0 Å². The van der Waals surface area contributed by atoms with Crippen molar-refractivity contribution in [1.29, 1.82) is 0 Å². The summed E-state index contributed by atoms with van der Waals surface area (Å²) in [6, 6.07) is 6.63. The molecule has 1 saturated heterocycles. The molecule has 0 bridgehead atoms. The molecule has 1 aromatic rings. The highest BCUT2D eigenvalue weighted by Crippen LogP contribution is 2.33. The van der Waals surface area contributed by atoms with Crippen LogP contribution in [0, 0.1) is 12.3 Å². The highest BCUT2D eigenvalue weighted by atomic mass is 15.1. The fourth-order valence-corrected chi connectivity index (χ4v) is 2.80. The van der Waals surface area contributed by atoms with Crippen LogP contribution >= 0.6 is 0 Å².